The lowest BCUT2D eigenvalue weighted by molar-refractivity contribution is -0.321. The van der Waals surface area contributed by atoms with Crippen LogP contribution in [-0.4, -0.2) is 83.6 Å². The molecule has 12 nitrogen and oxygen atoms in total. The Bertz CT molecular complexity index is 1040. The van der Waals surface area contributed by atoms with Crippen LogP contribution in [0.25, 0.3) is 0 Å². The second-order valence-corrected chi connectivity index (χ2v) is 7.40. The molecule has 7 atom stereocenters. The van der Waals surface area contributed by atoms with Crippen LogP contribution in [0.5, 0.6) is 28.7 Å². The summed E-state index contributed by atoms with van der Waals surface area (Å²) in [6, 6.07) is 5.58. The first kappa shape index (κ1) is 22.1. The minimum absolute atomic E-state index is 0.114. The highest BCUT2D eigenvalue weighted by atomic mass is 16.7. The Morgan fingerprint density at radius 1 is 0.844 bits per heavy atom. The number of phenols is 3. The van der Waals surface area contributed by atoms with E-state index in [0.717, 1.165) is 24.3 Å². The average Bonchev–Trinajstić information content (AvgIpc) is 2.75. The van der Waals surface area contributed by atoms with Gasteiger partial charge in [-0.1, -0.05) is 6.07 Å². The molecule has 12 heteroatoms. The Kier molecular flexibility index (Phi) is 5.58. The quantitative estimate of drug-likeness (QED) is 0.271. The minimum Gasteiger partial charge on any atom is -0.508 e. The van der Waals surface area contributed by atoms with E-state index >= 15 is 0 Å². The van der Waals surface area contributed by atoms with Crippen molar-refractivity contribution in [2.75, 3.05) is 0 Å². The van der Waals surface area contributed by atoms with E-state index in [2.05, 4.69) is 0 Å². The summed E-state index contributed by atoms with van der Waals surface area (Å²) in [6.45, 7) is 0. The van der Waals surface area contributed by atoms with E-state index in [1.165, 1.54) is 6.07 Å². The predicted octanol–water partition coefficient (Wildman–Crippen LogP) is -1.38. The Balaban J connectivity index is 1.63. The Morgan fingerprint density at radius 2 is 1.56 bits per heavy atom. The topological polar surface area (TPSA) is 207 Å². The molecular formula is C20H20O12. The predicted molar refractivity (Wildman–Crippen MR) is 101 cm³/mol. The normalized spacial score (nSPS) is 32.2. The molecule has 8 N–H and O–H groups in total. The number of aliphatic hydroxyl groups excluding tert-OH is 5. The zero-order chi connectivity index (χ0) is 23.3. The number of Topliss-reactive ketones (excluding diaryl/α,β-unsaturated/α-hetero) is 1. The number of phenolic OH excluding ortho intramolecular Hbond substituents is 3. The van der Waals surface area contributed by atoms with Gasteiger partial charge in [0, 0.05) is 6.07 Å². The monoisotopic (exact) mass is 452 g/mol. The lowest BCUT2D eigenvalue weighted by atomic mass is 9.93. The SMILES string of the molecule is O=C1c2cc(O)cc(O)c2O[C@H](c2ccc(O)c(O[C@H]3O[C@@H](O)[C@H](O)[C@@H](O)[C@@H]3O)c2)[C@H]1O. The number of hydrogen-bond donors (Lipinski definition) is 8. The third-order valence-electron chi connectivity index (χ3n) is 5.22. The zero-order valence-corrected chi connectivity index (χ0v) is 16.1. The maximum Gasteiger partial charge on any atom is 0.231 e. The van der Waals surface area contributed by atoms with Crippen LogP contribution in [0.1, 0.15) is 22.0 Å². The molecule has 0 radical (unpaired) electrons. The maximum atomic E-state index is 12.6. The van der Waals surface area contributed by atoms with Gasteiger partial charge in [-0.3, -0.25) is 4.79 Å². The number of aromatic hydroxyl groups is 3. The standard InChI is InChI=1S/C20H20O12/c21-7-4-8-12(24)14(26)17(31-18(8)10(23)5-7)6-1-2-9(22)11(3-6)30-20-16(28)13(25)15(27)19(29)32-20/h1-5,13-17,19-23,25-29H/t13-,14+,15-,16+,17-,19-,20+/m1/s1. The van der Waals surface area contributed by atoms with Crippen LogP contribution in [0.3, 0.4) is 0 Å². The summed E-state index contributed by atoms with van der Waals surface area (Å²) in [6.07, 6.45) is -12.0. The molecule has 1 saturated heterocycles. The van der Waals surface area contributed by atoms with Gasteiger partial charge in [-0.05, 0) is 23.8 Å². The van der Waals surface area contributed by atoms with Crippen molar-refractivity contribution >= 4 is 5.78 Å². The molecule has 2 aromatic carbocycles. The van der Waals surface area contributed by atoms with Gasteiger partial charge >= 0.3 is 0 Å². The summed E-state index contributed by atoms with van der Waals surface area (Å²) in [5.74, 6) is -2.80. The number of carbonyl (C=O) groups excluding carboxylic acids is 1. The highest BCUT2D eigenvalue weighted by Gasteiger charge is 2.45. The highest BCUT2D eigenvalue weighted by molar-refractivity contribution is 6.04. The fraction of sp³-hybridized carbons (Fsp3) is 0.350. The van der Waals surface area contributed by atoms with Crippen LogP contribution in [0.15, 0.2) is 30.3 Å². The van der Waals surface area contributed by atoms with Gasteiger partial charge < -0.3 is 55.1 Å². The van der Waals surface area contributed by atoms with Gasteiger partial charge in [0.05, 0.1) is 5.56 Å². The Morgan fingerprint density at radius 3 is 2.28 bits per heavy atom. The molecule has 2 aromatic rings. The van der Waals surface area contributed by atoms with Gasteiger partial charge in [-0.2, -0.15) is 0 Å². The molecular weight excluding hydrogens is 432 g/mol. The van der Waals surface area contributed by atoms with Crippen LogP contribution in [0.4, 0.5) is 0 Å². The largest absolute Gasteiger partial charge is 0.508 e. The number of hydrogen-bond acceptors (Lipinski definition) is 12. The third kappa shape index (κ3) is 3.68. The molecule has 0 bridgehead atoms. The van der Waals surface area contributed by atoms with Gasteiger partial charge in [0.2, 0.25) is 6.29 Å². The lowest BCUT2D eigenvalue weighted by Gasteiger charge is -2.38. The zero-order valence-electron chi connectivity index (χ0n) is 16.1. The summed E-state index contributed by atoms with van der Waals surface area (Å²) in [5, 5.41) is 79.1. The maximum absolute atomic E-state index is 12.6. The fourth-order valence-corrected chi connectivity index (χ4v) is 3.50. The molecule has 172 valence electrons. The van der Waals surface area contributed by atoms with Crippen molar-refractivity contribution < 1.29 is 59.9 Å². The molecule has 4 rings (SSSR count). The summed E-state index contributed by atoms with van der Waals surface area (Å²) in [4.78, 5) is 12.6. The highest BCUT2D eigenvalue weighted by Crippen LogP contribution is 2.44. The number of benzene rings is 2. The second kappa shape index (κ2) is 8.09. The fourth-order valence-electron chi connectivity index (χ4n) is 3.50. The van der Waals surface area contributed by atoms with Gasteiger partial charge in [0.15, 0.2) is 47.3 Å². The van der Waals surface area contributed by atoms with Crippen molar-refractivity contribution in [3.63, 3.8) is 0 Å². The van der Waals surface area contributed by atoms with E-state index in [1.807, 2.05) is 0 Å². The first-order chi connectivity index (χ1) is 15.1. The van der Waals surface area contributed by atoms with Crippen molar-refractivity contribution in [2.24, 2.45) is 0 Å². The first-order valence-electron chi connectivity index (χ1n) is 9.40. The van der Waals surface area contributed by atoms with Crippen molar-refractivity contribution in [3.05, 3.63) is 41.5 Å². The van der Waals surface area contributed by atoms with Gasteiger partial charge in [0.25, 0.3) is 0 Å². The summed E-state index contributed by atoms with van der Waals surface area (Å²) in [5.41, 5.74) is -0.107. The van der Waals surface area contributed by atoms with E-state index in [-0.39, 0.29) is 22.6 Å². The van der Waals surface area contributed by atoms with E-state index in [1.54, 1.807) is 0 Å². The van der Waals surface area contributed by atoms with E-state index in [9.17, 15) is 45.6 Å². The molecule has 0 aliphatic carbocycles. The summed E-state index contributed by atoms with van der Waals surface area (Å²) >= 11 is 0. The number of aliphatic hydroxyl groups is 5. The molecule has 2 heterocycles. The van der Waals surface area contributed by atoms with Gasteiger partial charge in [-0.25, -0.2) is 0 Å². The van der Waals surface area contributed by atoms with Crippen molar-refractivity contribution in [3.8, 4) is 28.7 Å². The molecule has 1 fully saturated rings. The van der Waals surface area contributed by atoms with Crippen molar-refractivity contribution in [2.45, 2.75) is 43.1 Å². The molecule has 0 aromatic heterocycles. The number of carbonyl (C=O) groups is 1. The van der Waals surface area contributed by atoms with Gasteiger partial charge in [0.1, 0.15) is 24.1 Å². The number of fused-ring (bicyclic) bond motifs is 1. The molecule has 0 spiro atoms. The molecule has 2 aliphatic heterocycles. The number of rotatable bonds is 3. The Hall–Kier alpha value is -3.13. The lowest BCUT2D eigenvalue weighted by Crippen LogP contribution is -2.59. The van der Waals surface area contributed by atoms with Crippen LogP contribution < -0.4 is 9.47 Å². The molecule has 0 saturated carbocycles. The molecule has 0 amide bonds. The van der Waals surface area contributed by atoms with Crippen molar-refractivity contribution in [1.82, 2.24) is 0 Å². The molecule has 32 heavy (non-hydrogen) atoms. The van der Waals surface area contributed by atoms with E-state index in [0.29, 0.717) is 0 Å². The van der Waals surface area contributed by atoms with Crippen LogP contribution >= 0.6 is 0 Å². The summed E-state index contributed by atoms with van der Waals surface area (Å²) in [7, 11) is 0. The van der Waals surface area contributed by atoms with E-state index in [4.69, 9.17) is 14.2 Å². The van der Waals surface area contributed by atoms with Crippen LogP contribution in [0.2, 0.25) is 0 Å². The summed E-state index contributed by atoms with van der Waals surface area (Å²) < 4.78 is 15.8. The smallest absolute Gasteiger partial charge is 0.231 e. The number of ketones is 1. The van der Waals surface area contributed by atoms with Gasteiger partial charge in [-0.15, -0.1) is 0 Å². The van der Waals surface area contributed by atoms with E-state index < -0.39 is 66.1 Å². The van der Waals surface area contributed by atoms with Crippen molar-refractivity contribution in [1.29, 1.82) is 0 Å². The minimum atomic E-state index is -1.87. The second-order valence-electron chi connectivity index (χ2n) is 7.40. The van der Waals surface area contributed by atoms with Crippen LogP contribution in [0, 0.1) is 0 Å². The van der Waals surface area contributed by atoms with Crippen LogP contribution in [-0.2, 0) is 4.74 Å². The first-order valence-corrected chi connectivity index (χ1v) is 9.40. The molecule has 0 unspecified atom stereocenters. The molecule has 2 aliphatic rings. The number of ether oxygens (including phenoxy) is 3. The third-order valence-corrected chi connectivity index (χ3v) is 5.22. The Labute approximate surface area is 179 Å². The average molecular weight is 452 g/mol.